The van der Waals surface area contributed by atoms with E-state index in [1.54, 1.807) is 11.8 Å². The summed E-state index contributed by atoms with van der Waals surface area (Å²) in [5.74, 6) is 0.108. The van der Waals surface area contributed by atoms with Crippen LogP contribution < -0.4 is 5.73 Å². The van der Waals surface area contributed by atoms with E-state index in [2.05, 4.69) is 12.1 Å². The molecule has 2 aromatic rings. The SMILES string of the molecule is N=C(N)c1ccc(Sc2ccccc2)cc1. The Morgan fingerprint density at radius 3 is 2.00 bits per heavy atom. The predicted molar refractivity (Wildman–Crippen MR) is 68.0 cm³/mol. The highest BCUT2D eigenvalue weighted by molar-refractivity contribution is 7.99. The van der Waals surface area contributed by atoms with Crippen LogP contribution >= 0.6 is 11.8 Å². The van der Waals surface area contributed by atoms with E-state index in [1.807, 2.05) is 42.5 Å². The molecule has 0 unspecified atom stereocenters. The molecule has 0 aliphatic heterocycles. The van der Waals surface area contributed by atoms with Gasteiger partial charge in [0, 0.05) is 15.4 Å². The summed E-state index contributed by atoms with van der Waals surface area (Å²) in [6.45, 7) is 0. The van der Waals surface area contributed by atoms with Crippen LogP contribution in [0.25, 0.3) is 0 Å². The lowest BCUT2D eigenvalue weighted by molar-refractivity contribution is 1.37. The van der Waals surface area contributed by atoms with E-state index >= 15 is 0 Å². The minimum atomic E-state index is 0.108. The maximum absolute atomic E-state index is 7.30. The number of hydrogen-bond donors (Lipinski definition) is 2. The molecule has 0 saturated heterocycles. The van der Waals surface area contributed by atoms with Crippen molar-refractivity contribution in [2.24, 2.45) is 5.73 Å². The summed E-state index contributed by atoms with van der Waals surface area (Å²) in [4.78, 5) is 2.36. The Morgan fingerprint density at radius 1 is 0.875 bits per heavy atom. The van der Waals surface area contributed by atoms with Gasteiger partial charge < -0.3 is 5.73 Å². The molecule has 3 heteroatoms. The lowest BCUT2D eigenvalue weighted by atomic mass is 10.2. The summed E-state index contributed by atoms with van der Waals surface area (Å²) in [5, 5.41) is 7.30. The topological polar surface area (TPSA) is 49.9 Å². The third-order valence-electron chi connectivity index (χ3n) is 2.14. The fraction of sp³-hybridized carbons (Fsp3) is 0. The molecule has 0 aliphatic rings. The Labute approximate surface area is 99.0 Å². The van der Waals surface area contributed by atoms with Crippen LogP contribution in [-0.2, 0) is 0 Å². The summed E-state index contributed by atoms with van der Waals surface area (Å²) >= 11 is 1.70. The van der Waals surface area contributed by atoms with Gasteiger partial charge >= 0.3 is 0 Å². The summed E-state index contributed by atoms with van der Waals surface area (Å²) in [5.41, 5.74) is 6.15. The first-order chi connectivity index (χ1) is 7.75. The molecule has 0 heterocycles. The molecule has 0 amide bonds. The average molecular weight is 228 g/mol. The Kier molecular flexibility index (Phi) is 3.27. The molecule has 80 valence electrons. The molecule has 0 spiro atoms. The minimum Gasteiger partial charge on any atom is -0.384 e. The number of hydrogen-bond acceptors (Lipinski definition) is 2. The molecular formula is C13H12N2S. The zero-order valence-corrected chi connectivity index (χ0v) is 9.50. The molecule has 0 fully saturated rings. The van der Waals surface area contributed by atoms with E-state index in [9.17, 15) is 0 Å². The number of benzene rings is 2. The van der Waals surface area contributed by atoms with Crippen molar-refractivity contribution < 1.29 is 0 Å². The molecule has 2 aromatic carbocycles. The van der Waals surface area contributed by atoms with Crippen molar-refractivity contribution in [1.82, 2.24) is 0 Å². The third kappa shape index (κ3) is 2.64. The van der Waals surface area contributed by atoms with Crippen LogP contribution in [0.3, 0.4) is 0 Å². The molecule has 16 heavy (non-hydrogen) atoms. The number of rotatable bonds is 3. The molecule has 2 nitrogen and oxygen atoms in total. The standard InChI is InChI=1S/C13H12N2S/c14-13(15)10-6-8-12(9-7-10)16-11-4-2-1-3-5-11/h1-9H,(H3,14,15). The molecule has 0 radical (unpaired) electrons. The van der Waals surface area contributed by atoms with Gasteiger partial charge in [0.2, 0.25) is 0 Å². The van der Waals surface area contributed by atoms with Gasteiger partial charge in [-0.25, -0.2) is 0 Å². The Morgan fingerprint density at radius 2 is 1.44 bits per heavy atom. The monoisotopic (exact) mass is 228 g/mol. The van der Waals surface area contributed by atoms with Gasteiger partial charge in [-0.3, -0.25) is 5.41 Å². The number of nitrogens with two attached hydrogens (primary N) is 1. The second-order valence-electron chi connectivity index (χ2n) is 3.35. The van der Waals surface area contributed by atoms with Crippen LogP contribution in [0.2, 0.25) is 0 Å². The zero-order valence-electron chi connectivity index (χ0n) is 8.68. The van der Waals surface area contributed by atoms with Crippen LogP contribution in [0.5, 0.6) is 0 Å². The first kappa shape index (κ1) is 10.8. The van der Waals surface area contributed by atoms with Crippen LogP contribution in [0, 0.1) is 5.41 Å². The van der Waals surface area contributed by atoms with Crippen molar-refractivity contribution in [3.63, 3.8) is 0 Å². The highest BCUT2D eigenvalue weighted by atomic mass is 32.2. The van der Waals surface area contributed by atoms with E-state index in [1.165, 1.54) is 4.90 Å². The summed E-state index contributed by atoms with van der Waals surface area (Å²) in [7, 11) is 0. The highest BCUT2D eigenvalue weighted by Gasteiger charge is 1.98. The van der Waals surface area contributed by atoms with Gasteiger partial charge in [-0.15, -0.1) is 0 Å². The average Bonchev–Trinajstić information content (AvgIpc) is 2.31. The molecule has 3 N–H and O–H groups in total. The molecule has 2 rings (SSSR count). The fourth-order valence-corrected chi connectivity index (χ4v) is 2.16. The van der Waals surface area contributed by atoms with Gasteiger partial charge in [0.05, 0.1) is 0 Å². The molecular weight excluding hydrogens is 216 g/mol. The molecule has 0 aliphatic carbocycles. The van der Waals surface area contributed by atoms with E-state index in [4.69, 9.17) is 11.1 Å². The van der Waals surface area contributed by atoms with Crippen molar-refractivity contribution in [2.45, 2.75) is 9.79 Å². The lowest BCUT2D eigenvalue weighted by Crippen LogP contribution is -2.10. The third-order valence-corrected chi connectivity index (χ3v) is 3.16. The summed E-state index contributed by atoms with van der Waals surface area (Å²) in [6.07, 6.45) is 0. The molecule has 0 aromatic heterocycles. The van der Waals surface area contributed by atoms with Crippen LogP contribution in [0.4, 0.5) is 0 Å². The Hall–Kier alpha value is -1.74. The van der Waals surface area contributed by atoms with Gasteiger partial charge in [0.15, 0.2) is 0 Å². The number of nitrogens with one attached hydrogen (secondary N) is 1. The maximum Gasteiger partial charge on any atom is 0.122 e. The van der Waals surface area contributed by atoms with Crippen molar-refractivity contribution >= 4 is 17.6 Å². The minimum absolute atomic E-state index is 0.108. The first-order valence-corrected chi connectivity index (χ1v) is 5.75. The van der Waals surface area contributed by atoms with Crippen molar-refractivity contribution in [3.8, 4) is 0 Å². The van der Waals surface area contributed by atoms with Crippen LogP contribution in [-0.4, -0.2) is 5.84 Å². The highest BCUT2D eigenvalue weighted by Crippen LogP contribution is 2.27. The van der Waals surface area contributed by atoms with Crippen molar-refractivity contribution in [1.29, 1.82) is 5.41 Å². The van der Waals surface area contributed by atoms with Gasteiger partial charge in [0.1, 0.15) is 5.84 Å². The summed E-state index contributed by atoms with van der Waals surface area (Å²) in [6, 6.07) is 17.9. The van der Waals surface area contributed by atoms with E-state index in [-0.39, 0.29) is 5.84 Å². The van der Waals surface area contributed by atoms with Gasteiger partial charge in [-0.1, -0.05) is 42.1 Å². The van der Waals surface area contributed by atoms with Gasteiger partial charge in [-0.2, -0.15) is 0 Å². The maximum atomic E-state index is 7.30. The quantitative estimate of drug-likeness (QED) is 0.626. The van der Waals surface area contributed by atoms with Gasteiger partial charge in [-0.05, 0) is 24.3 Å². The lowest BCUT2D eigenvalue weighted by Gasteiger charge is -2.02. The summed E-state index contributed by atoms with van der Waals surface area (Å²) < 4.78 is 0. The fourth-order valence-electron chi connectivity index (χ4n) is 1.33. The first-order valence-electron chi connectivity index (χ1n) is 4.93. The van der Waals surface area contributed by atoms with Crippen LogP contribution in [0.15, 0.2) is 64.4 Å². The van der Waals surface area contributed by atoms with E-state index in [0.29, 0.717) is 0 Å². The Balaban J connectivity index is 2.14. The molecule has 0 saturated carbocycles. The van der Waals surface area contributed by atoms with Crippen LogP contribution in [0.1, 0.15) is 5.56 Å². The number of amidine groups is 1. The predicted octanol–water partition coefficient (Wildman–Crippen LogP) is 3.12. The molecule has 0 atom stereocenters. The normalized spacial score (nSPS) is 10.0. The Bertz CT molecular complexity index is 477. The second kappa shape index (κ2) is 4.86. The smallest absolute Gasteiger partial charge is 0.122 e. The zero-order chi connectivity index (χ0) is 11.4. The van der Waals surface area contributed by atoms with E-state index < -0.39 is 0 Å². The van der Waals surface area contributed by atoms with Crippen molar-refractivity contribution in [2.75, 3.05) is 0 Å². The van der Waals surface area contributed by atoms with Crippen molar-refractivity contribution in [3.05, 3.63) is 60.2 Å². The van der Waals surface area contributed by atoms with Gasteiger partial charge in [0.25, 0.3) is 0 Å². The van der Waals surface area contributed by atoms with E-state index in [0.717, 1.165) is 10.5 Å². The second-order valence-corrected chi connectivity index (χ2v) is 4.50. The number of nitrogen functional groups attached to an aromatic ring is 1. The largest absolute Gasteiger partial charge is 0.384 e. The molecule has 0 bridgehead atoms.